The van der Waals surface area contributed by atoms with Crippen molar-refractivity contribution in [3.05, 3.63) is 182 Å². The lowest BCUT2D eigenvalue weighted by molar-refractivity contribution is -0.688. The number of nitrogens with zero attached hydrogens (tertiary/aromatic N) is 4. The average molecular weight is 625 g/mol. The third kappa shape index (κ3) is 6.09. The van der Waals surface area contributed by atoms with Crippen LogP contribution < -0.4 is 9.13 Å². The molecule has 47 heavy (non-hydrogen) atoms. The Bertz CT molecular complexity index is 2090. The molecule has 0 aliphatic heterocycles. The Labute approximate surface area is 278 Å². The third-order valence-corrected chi connectivity index (χ3v) is 9.61. The predicted octanol–water partition coefficient (Wildman–Crippen LogP) is 9.03. The Morgan fingerprint density at radius 1 is 0.383 bits per heavy atom. The largest absolute Gasteiger partial charge is 0.242 e. The summed E-state index contributed by atoms with van der Waals surface area (Å²) in [7, 11) is 0. The van der Waals surface area contributed by atoms with E-state index >= 15 is 0 Å². The summed E-state index contributed by atoms with van der Waals surface area (Å²) in [5, 5.41) is 0. The van der Waals surface area contributed by atoms with Crippen LogP contribution in [0.1, 0.15) is 11.1 Å². The van der Waals surface area contributed by atoms with Crippen LogP contribution in [-0.4, -0.2) is 9.97 Å². The van der Waals surface area contributed by atoms with Crippen molar-refractivity contribution in [1.29, 1.82) is 0 Å². The van der Waals surface area contributed by atoms with Gasteiger partial charge < -0.3 is 0 Å². The molecule has 0 atom stereocenters. The fourth-order valence-electron chi connectivity index (χ4n) is 5.95. The molecule has 0 bridgehead atoms. The minimum Gasteiger partial charge on any atom is -0.242 e. The van der Waals surface area contributed by atoms with Gasteiger partial charge in [0.15, 0.2) is 37.9 Å². The van der Waals surface area contributed by atoms with Gasteiger partial charge in [-0.1, -0.05) is 121 Å². The molecule has 0 radical (unpaired) electrons. The summed E-state index contributed by atoms with van der Waals surface area (Å²) >= 11 is 1.76. The molecule has 5 heteroatoms. The molecule has 0 aliphatic rings. The Hall–Kier alpha value is -5.78. The molecule has 0 spiro atoms. The van der Waals surface area contributed by atoms with E-state index in [9.17, 15) is 0 Å². The molecule has 4 aromatic carbocycles. The molecule has 0 saturated carbocycles. The first-order valence-corrected chi connectivity index (χ1v) is 16.6. The topological polar surface area (TPSA) is 33.5 Å². The maximum Gasteiger partial charge on any atom is 0.173 e. The number of hydrogen-bond acceptors (Lipinski definition) is 3. The van der Waals surface area contributed by atoms with Crippen molar-refractivity contribution in [2.24, 2.45) is 0 Å². The van der Waals surface area contributed by atoms with Gasteiger partial charge in [0.25, 0.3) is 0 Å². The number of hydrogen-bond donors (Lipinski definition) is 0. The van der Waals surface area contributed by atoms with Gasteiger partial charge in [-0.3, -0.25) is 0 Å². The van der Waals surface area contributed by atoms with Crippen molar-refractivity contribution < 1.29 is 9.13 Å². The summed E-state index contributed by atoms with van der Waals surface area (Å²) in [6.45, 7) is 1.64. The van der Waals surface area contributed by atoms with Gasteiger partial charge in [-0.2, -0.15) is 0 Å². The van der Waals surface area contributed by atoms with Crippen LogP contribution >= 0.6 is 11.3 Å². The fourth-order valence-corrected chi connectivity index (χ4v) is 7.14. The first-order chi connectivity index (χ1) is 23.3. The summed E-state index contributed by atoms with van der Waals surface area (Å²) in [6.07, 6.45) is 8.64. The van der Waals surface area contributed by atoms with Crippen molar-refractivity contribution in [1.82, 2.24) is 9.97 Å². The van der Waals surface area contributed by atoms with E-state index in [-0.39, 0.29) is 0 Å². The van der Waals surface area contributed by atoms with E-state index in [4.69, 9.17) is 9.97 Å². The Balaban J connectivity index is 1.27. The highest BCUT2D eigenvalue weighted by atomic mass is 32.1. The van der Waals surface area contributed by atoms with Gasteiger partial charge in [0.2, 0.25) is 0 Å². The minimum atomic E-state index is 0.822. The van der Waals surface area contributed by atoms with Crippen LogP contribution in [0.4, 0.5) is 0 Å². The van der Waals surface area contributed by atoms with Crippen LogP contribution in [0.2, 0.25) is 0 Å². The predicted molar refractivity (Wildman–Crippen MR) is 191 cm³/mol. The summed E-state index contributed by atoms with van der Waals surface area (Å²) in [5.41, 5.74) is 10.5. The van der Waals surface area contributed by atoms with E-state index in [1.165, 1.54) is 11.1 Å². The maximum absolute atomic E-state index is 5.44. The van der Waals surface area contributed by atoms with E-state index < -0.39 is 0 Å². The second-order valence-corrected chi connectivity index (χ2v) is 12.6. The molecule has 0 aliphatic carbocycles. The lowest BCUT2D eigenvalue weighted by Crippen LogP contribution is -2.32. The van der Waals surface area contributed by atoms with Crippen molar-refractivity contribution in [2.75, 3.05) is 0 Å². The number of rotatable bonds is 8. The summed E-state index contributed by atoms with van der Waals surface area (Å²) in [6, 6.07) is 50.7. The second-order valence-electron chi connectivity index (χ2n) is 11.6. The van der Waals surface area contributed by atoms with Crippen LogP contribution in [0.25, 0.3) is 54.4 Å². The second kappa shape index (κ2) is 12.9. The molecule has 0 fully saturated rings. The molecule has 0 amide bonds. The molecule has 4 heterocycles. The molecular weight excluding hydrogens is 593 g/mol. The number of aromatic nitrogens is 4. The normalized spacial score (nSPS) is 11.1. The molecule has 0 unspecified atom stereocenters. The Morgan fingerprint density at radius 3 is 1.09 bits per heavy atom. The molecular formula is C42H32N4S+2. The van der Waals surface area contributed by atoms with Gasteiger partial charge in [0.05, 0.1) is 21.1 Å². The van der Waals surface area contributed by atoms with Gasteiger partial charge >= 0.3 is 0 Å². The van der Waals surface area contributed by atoms with Crippen LogP contribution in [0.5, 0.6) is 0 Å². The van der Waals surface area contributed by atoms with Crippen molar-refractivity contribution in [3.63, 3.8) is 0 Å². The minimum absolute atomic E-state index is 0.822. The van der Waals surface area contributed by atoms with Gasteiger partial charge in [0.1, 0.15) is 11.0 Å². The van der Waals surface area contributed by atoms with E-state index in [1.54, 1.807) is 11.3 Å². The Kier molecular flexibility index (Phi) is 7.88. The van der Waals surface area contributed by atoms with E-state index in [2.05, 4.69) is 167 Å². The highest BCUT2D eigenvalue weighted by Gasteiger charge is 2.23. The quantitative estimate of drug-likeness (QED) is 0.158. The summed E-state index contributed by atoms with van der Waals surface area (Å²) < 4.78 is 4.43. The van der Waals surface area contributed by atoms with Crippen LogP contribution in [0.15, 0.2) is 170 Å². The van der Waals surface area contributed by atoms with E-state index in [1.807, 2.05) is 12.1 Å². The van der Waals surface area contributed by atoms with Crippen molar-refractivity contribution in [3.8, 4) is 43.4 Å². The summed E-state index contributed by atoms with van der Waals surface area (Å²) in [4.78, 5) is 13.1. The molecule has 8 rings (SSSR count). The monoisotopic (exact) mass is 624 g/mol. The fraction of sp³-hybridized carbons (Fsp3) is 0.0476. The molecule has 8 aromatic rings. The average Bonchev–Trinajstić information content (AvgIpc) is 3.52. The highest BCUT2D eigenvalue weighted by Crippen LogP contribution is 2.44. The van der Waals surface area contributed by atoms with Crippen molar-refractivity contribution >= 4 is 22.4 Å². The molecule has 0 saturated heterocycles. The molecule has 4 aromatic heterocycles. The van der Waals surface area contributed by atoms with Gasteiger partial charge in [-0.25, -0.2) is 19.1 Å². The number of benzene rings is 4. The van der Waals surface area contributed by atoms with E-state index in [0.29, 0.717) is 0 Å². The van der Waals surface area contributed by atoms with E-state index in [0.717, 1.165) is 67.5 Å². The first-order valence-electron chi connectivity index (χ1n) is 15.8. The zero-order chi connectivity index (χ0) is 31.4. The van der Waals surface area contributed by atoms with Gasteiger partial charge in [-0.15, -0.1) is 11.3 Å². The highest BCUT2D eigenvalue weighted by molar-refractivity contribution is 7.20. The van der Waals surface area contributed by atoms with Crippen molar-refractivity contribution in [2.45, 2.75) is 13.1 Å². The third-order valence-electron chi connectivity index (χ3n) is 8.35. The molecule has 224 valence electrons. The SMILES string of the molecule is c1ccc(C[n+]2ccc(-c3sc(-c4cc[n+](Cc5ccccc5)cc4)c4nc(-c5ccccc5)c(-c5ccccc5)nc34)cc2)cc1. The van der Waals surface area contributed by atoms with Crippen LogP contribution in [0.3, 0.4) is 0 Å². The number of pyridine rings is 2. The standard InChI is InChI=1S/C42H32N4S/c1-5-13-31(14-6-1)29-45-25-21-35(22-26-45)41-39-40(42(47-41)36-23-27-46(28-24-36)30-32-15-7-2-8-16-32)44-38(34-19-11-4-12-20-34)37(43-39)33-17-9-3-10-18-33/h1-28H,29-30H2/q+2. The Morgan fingerprint density at radius 2 is 0.723 bits per heavy atom. The first kappa shape index (κ1) is 28.7. The smallest absolute Gasteiger partial charge is 0.173 e. The van der Waals surface area contributed by atoms with Gasteiger partial charge in [0, 0.05) is 57.6 Å². The maximum atomic E-state index is 5.44. The number of thiophene rings is 1. The zero-order valence-corrected chi connectivity index (χ0v) is 26.6. The van der Waals surface area contributed by atoms with Gasteiger partial charge in [-0.05, 0) is 0 Å². The van der Waals surface area contributed by atoms with Crippen LogP contribution in [-0.2, 0) is 13.1 Å². The summed E-state index contributed by atoms with van der Waals surface area (Å²) in [5.74, 6) is 0. The van der Waals surface area contributed by atoms with Crippen LogP contribution in [0, 0.1) is 0 Å². The lowest BCUT2D eigenvalue weighted by Gasteiger charge is -2.10. The zero-order valence-electron chi connectivity index (χ0n) is 25.8. The lowest BCUT2D eigenvalue weighted by atomic mass is 10.0. The number of fused-ring (bicyclic) bond motifs is 1. The molecule has 0 N–H and O–H groups in total. The molecule has 4 nitrogen and oxygen atoms in total.